The van der Waals surface area contributed by atoms with Gasteiger partial charge in [0.15, 0.2) is 0 Å². The van der Waals surface area contributed by atoms with Crippen LogP contribution in [-0.4, -0.2) is 23.0 Å². The lowest BCUT2D eigenvalue weighted by Crippen LogP contribution is -2.42. The number of carbonyl (C=O) groups excluding carboxylic acids is 1. The van der Waals surface area contributed by atoms with E-state index < -0.39 is 12.0 Å². The lowest BCUT2D eigenvalue weighted by molar-refractivity contribution is -0.142. The maximum atomic E-state index is 11.9. The van der Waals surface area contributed by atoms with Gasteiger partial charge in [0.25, 0.3) is 0 Å². The highest BCUT2D eigenvalue weighted by Crippen LogP contribution is 2.11. The zero-order chi connectivity index (χ0) is 15.0. The van der Waals surface area contributed by atoms with Crippen LogP contribution in [0.4, 0.5) is 0 Å². The van der Waals surface area contributed by atoms with E-state index in [4.69, 9.17) is 5.11 Å². The lowest BCUT2D eigenvalue weighted by atomic mass is 10.00. The average Bonchev–Trinajstić information content (AvgIpc) is 2.45. The van der Waals surface area contributed by atoms with Crippen molar-refractivity contribution >= 4 is 11.9 Å². The fourth-order valence-corrected chi connectivity index (χ4v) is 2.04. The van der Waals surface area contributed by atoms with E-state index in [1.807, 2.05) is 25.1 Å². The Morgan fingerprint density at radius 1 is 1.25 bits per heavy atom. The first kappa shape index (κ1) is 16.2. The number of carboxylic acid groups (broad SMARTS) is 1. The molecule has 0 saturated carbocycles. The maximum absolute atomic E-state index is 11.9. The molecule has 0 spiro atoms. The highest BCUT2D eigenvalue weighted by Gasteiger charge is 2.20. The van der Waals surface area contributed by atoms with Crippen molar-refractivity contribution < 1.29 is 14.7 Å². The van der Waals surface area contributed by atoms with E-state index in [1.165, 1.54) is 5.56 Å². The molecule has 2 atom stereocenters. The van der Waals surface area contributed by atoms with E-state index >= 15 is 0 Å². The van der Waals surface area contributed by atoms with Gasteiger partial charge in [-0.05, 0) is 31.2 Å². The Hall–Kier alpha value is -1.84. The third-order valence-electron chi connectivity index (χ3n) is 3.42. The van der Waals surface area contributed by atoms with Crippen molar-refractivity contribution in [2.24, 2.45) is 5.92 Å². The minimum absolute atomic E-state index is 0.160. The van der Waals surface area contributed by atoms with Crippen LogP contribution >= 0.6 is 0 Å². The van der Waals surface area contributed by atoms with Crippen LogP contribution in [0.15, 0.2) is 30.3 Å². The van der Waals surface area contributed by atoms with Crippen LogP contribution in [0.1, 0.15) is 38.7 Å². The van der Waals surface area contributed by atoms with E-state index in [-0.39, 0.29) is 11.8 Å². The molecule has 2 unspecified atom stereocenters. The summed E-state index contributed by atoms with van der Waals surface area (Å²) in [6.07, 6.45) is 3.02. The summed E-state index contributed by atoms with van der Waals surface area (Å²) in [5.74, 6) is -1.31. The van der Waals surface area contributed by atoms with Gasteiger partial charge < -0.3 is 10.4 Å². The standard InChI is InChI=1S/C16H23NO3/c1-3-14(16(19)20)17-15(18)12(2)8-7-11-13-9-5-4-6-10-13/h4-6,9-10,12,14H,3,7-8,11H2,1-2H3,(H,17,18)(H,19,20). The van der Waals surface area contributed by atoms with E-state index in [2.05, 4.69) is 17.4 Å². The molecular formula is C16H23NO3. The summed E-state index contributed by atoms with van der Waals surface area (Å²) in [6, 6.07) is 9.36. The first-order valence-electron chi connectivity index (χ1n) is 7.11. The molecule has 0 heterocycles. The molecule has 0 aromatic heterocycles. The summed E-state index contributed by atoms with van der Waals surface area (Å²) in [6.45, 7) is 3.59. The van der Waals surface area contributed by atoms with Crippen LogP contribution in [0.2, 0.25) is 0 Å². The molecule has 0 aliphatic rings. The Kier molecular flexibility index (Phi) is 6.77. The van der Waals surface area contributed by atoms with Crippen molar-refractivity contribution in [2.75, 3.05) is 0 Å². The number of aliphatic carboxylic acids is 1. The second-order valence-electron chi connectivity index (χ2n) is 5.09. The number of rotatable bonds is 8. The Morgan fingerprint density at radius 3 is 2.45 bits per heavy atom. The van der Waals surface area contributed by atoms with Gasteiger partial charge in [-0.2, -0.15) is 0 Å². The van der Waals surface area contributed by atoms with Gasteiger partial charge in [0.2, 0.25) is 5.91 Å². The van der Waals surface area contributed by atoms with Gasteiger partial charge in [-0.25, -0.2) is 4.79 Å². The minimum Gasteiger partial charge on any atom is -0.480 e. The Bertz CT molecular complexity index is 431. The second kappa shape index (κ2) is 8.35. The van der Waals surface area contributed by atoms with Gasteiger partial charge >= 0.3 is 5.97 Å². The van der Waals surface area contributed by atoms with E-state index in [9.17, 15) is 9.59 Å². The van der Waals surface area contributed by atoms with Crippen LogP contribution < -0.4 is 5.32 Å². The van der Waals surface area contributed by atoms with Crippen LogP contribution in [0.5, 0.6) is 0 Å². The smallest absolute Gasteiger partial charge is 0.326 e. The van der Waals surface area contributed by atoms with Crippen molar-refractivity contribution in [1.29, 1.82) is 0 Å². The van der Waals surface area contributed by atoms with Crippen molar-refractivity contribution in [1.82, 2.24) is 5.32 Å². The Labute approximate surface area is 120 Å². The molecule has 110 valence electrons. The third-order valence-corrected chi connectivity index (χ3v) is 3.42. The van der Waals surface area contributed by atoms with E-state index in [0.29, 0.717) is 6.42 Å². The first-order chi connectivity index (χ1) is 9.54. The van der Waals surface area contributed by atoms with E-state index in [0.717, 1.165) is 19.3 Å². The van der Waals surface area contributed by atoms with E-state index in [1.54, 1.807) is 6.92 Å². The molecule has 1 rings (SSSR count). The molecule has 0 radical (unpaired) electrons. The monoisotopic (exact) mass is 277 g/mol. The van der Waals surface area contributed by atoms with Gasteiger partial charge in [0.1, 0.15) is 6.04 Å². The number of aryl methyl sites for hydroxylation is 1. The van der Waals surface area contributed by atoms with Crippen LogP contribution in [-0.2, 0) is 16.0 Å². The number of benzene rings is 1. The summed E-state index contributed by atoms with van der Waals surface area (Å²) in [5.41, 5.74) is 1.26. The zero-order valence-electron chi connectivity index (χ0n) is 12.1. The summed E-state index contributed by atoms with van der Waals surface area (Å²) in [4.78, 5) is 22.8. The fraction of sp³-hybridized carbons (Fsp3) is 0.500. The largest absolute Gasteiger partial charge is 0.480 e. The molecule has 1 aromatic rings. The lowest BCUT2D eigenvalue weighted by Gasteiger charge is -2.16. The molecule has 0 aliphatic heterocycles. The van der Waals surface area contributed by atoms with Crippen molar-refractivity contribution in [3.8, 4) is 0 Å². The summed E-state index contributed by atoms with van der Waals surface area (Å²) in [5, 5.41) is 11.5. The van der Waals surface area contributed by atoms with Gasteiger partial charge in [-0.3, -0.25) is 4.79 Å². The molecule has 20 heavy (non-hydrogen) atoms. The molecule has 1 aromatic carbocycles. The molecule has 0 aliphatic carbocycles. The molecular weight excluding hydrogens is 254 g/mol. The highest BCUT2D eigenvalue weighted by atomic mass is 16.4. The number of hydrogen-bond donors (Lipinski definition) is 2. The third kappa shape index (κ3) is 5.43. The predicted molar refractivity (Wildman–Crippen MR) is 78.4 cm³/mol. The molecule has 0 bridgehead atoms. The average molecular weight is 277 g/mol. The van der Waals surface area contributed by atoms with Crippen LogP contribution in [0, 0.1) is 5.92 Å². The normalized spacial score (nSPS) is 13.5. The molecule has 0 fully saturated rings. The Balaban J connectivity index is 2.33. The van der Waals surface area contributed by atoms with Gasteiger partial charge in [-0.1, -0.05) is 44.2 Å². The van der Waals surface area contributed by atoms with Crippen molar-refractivity contribution in [3.63, 3.8) is 0 Å². The molecule has 0 saturated heterocycles. The minimum atomic E-state index is -0.975. The van der Waals surface area contributed by atoms with Gasteiger partial charge in [0.05, 0.1) is 0 Å². The number of carbonyl (C=O) groups is 2. The zero-order valence-corrected chi connectivity index (χ0v) is 12.1. The highest BCUT2D eigenvalue weighted by molar-refractivity contribution is 5.84. The molecule has 1 amide bonds. The SMILES string of the molecule is CCC(NC(=O)C(C)CCCc1ccccc1)C(=O)O. The van der Waals surface area contributed by atoms with Gasteiger partial charge in [0, 0.05) is 5.92 Å². The predicted octanol–water partition coefficient (Wildman–Crippen LogP) is 2.62. The van der Waals surface area contributed by atoms with Gasteiger partial charge in [-0.15, -0.1) is 0 Å². The number of carboxylic acids is 1. The molecule has 2 N–H and O–H groups in total. The number of amides is 1. The number of hydrogen-bond acceptors (Lipinski definition) is 2. The van der Waals surface area contributed by atoms with Crippen molar-refractivity contribution in [3.05, 3.63) is 35.9 Å². The van der Waals surface area contributed by atoms with Crippen LogP contribution in [0.3, 0.4) is 0 Å². The summed E-state index contributed by atoms with van der Waals surface area (Å²) in [7, 11) is 0. The summed E-state index contributed by atoms with van der Waals surface area (Å²) < 4.78 is 0. The summed E-state index contributed by atoms with van der Waals surface area (Å²) >= 11 is 0. The number of nitrogens with one attached hydrogen (secondary N) is 1. The Morgan fingerprint density at radius 2 is 1.90 bits per heavy atom. The maximum Gasteiger partial charge on any atom is 0.326 e. The van der Waals surface area contributed by atoms with Crippen LogP contribution in [0.25, 0.3) is 0 Å². The first-order valence-corrected chi connectivity index (χ1v) is 7.11. The quantitative estimate of drug-likeness (QED) is 0.767. The molecule has 4 heteroatoms. The van der Waals surface area contributed by atoms with Crippen molar-refractivity contribution in [2.45, 2.75) is 45.6 Å². The topological polar surface area (TPSA) is 66.4 Å². The second-order valence-corrected chi connectivity index (χ2v) is 5.09. The fourth-order valence-electron chi connectivity index (χ4n) is 2.04. The molecule has 4 nitrogen and oxygen atoms in total.